The highest BCUT2D eigenvalue weighted by Gasteiger charge is 2.42. The Bertz CT molecular complexity index is 543. The Morgan fingerprint density at radius 2 is 1.70 bits per heavy atom. The van der Waals surface area contributed by atoms with Crippen LogP contribution in [0.3, 0.4) is 0 Å². The first-order chi connectivity index (χ1) is 8.95. The van der Waals surface area contributed by atoms with Gasteiger partial charge in [0.1, 0.15) is 17.3 Å². The van der Waals surface area contributed by atoms with Crippen molar-refractivity contribution < 1.29 is 39.9 Å². The molecular weight excluding hydrogens is 304 g/mol. The van der Waals surface area contributed by atoms with E-state index in [1.54, 1.807) is 0 Å². The highest BCUT2D eigenvalue weighted by atomic mass is 19.4. The lowest BCUT2D eigenvalue weighted by Crippen LogP contribution is -2.22. The van der Waals surface area contributed by atoms with Crippen molar-refractivity contribution in [3.8, 4) is 11.8 Å². The Morgan fingerprint density at radius 3 is 2.05 bits per heavy atom. The molecule has 0 saturated carbocycles. The average molecular weight is 306 g/mol. The Hall–Kier alpha value is -2.12. The molecule has 0 bridgehead atoms. The normalized spacial score (nSPS) is 12.4. The molecule has 0 N–H and O–H groups in total. The molecule has 1 aromatic rings. The van der Waals surface area contributed by atoms with Crippen LogP contribution in [0, 0.1) is 11.3 Å². The molecular formula is C9H2F8N2O. The van der Waals surface area contributed by atoms with Crippen LogP contribution in [0.2, 0.25) is 0 Å². The minimum atomic E-state index is -5.54. The standard InChI is InChI=1S/C9H2F8N2O/c10-7(11)4-1-3(8(12,13)14)6(5(2-18)19-4)20-9(15,16)17/h1,7H. The minimum absolute atomic E-state index is 0.299. The number of rotatable bonds is 2. The second-order valence-electron chi connectivity index (χ2n) is 3.23. The molecule has 11 heteroatoms. The maximum atomic E-state index is 12.6. The van der Waals surface area contributed by atoms with E-state index in [1.165, 1.54) is 0 Å². The Labute approximate surface area is 105 Å². The summed E-state index contributed by atoms with van der Waals surface area (Å²) in [5.74, 6) is -1.96. The Morgan fingerprint density at radius 1 is 1.15 bits per heavy atom. The molecule has 0 aliphatic rings. The number of nitrogens with zero attached hydrogens (tertiary/aromatic N) is 2. The summed E-state index contributed by atoms with van der Waals surface area (Å²) in [6, 6.07) is 0.557. The van der Waals surface area contributed by atoms with Gasteiger partial charge in [0.25, 0.3) is 6.43 Å². The first kappa shape index (κ1) is 15.9. The second kappa shape index (κ2) is 5.10. The quantitative estimate of drug-likeness (QED) is 0.781. The van der Waals surface area contributed by atoms with Crippen LogP contribution in [0.1, 0.15) is 23.4 Å². The van der Waals surface area contributed by atoms with Gasteiger partial charge in [-0.3, -0.25) is 0 Å². The number of hydrogen-bond acceptors (Lipinski definition) is 3. The Kier molecular flexibility index (Phi) is 4.07. The lowest BCUT2D eigenvalue weighted by atomic mass is 10.1. The molecule has 0 saturated heterocycles. The SMILES string of the molecule is N#Cc1nc(C(F)F)cc(C(F)(F)F)c1OC(F)(F)F. The molecule has 0 radical (unpaired) electrons. The summed E-state index contributed by atoms with van der Waals surface area (Å²) in [6.45, 7) is 0. The van der Waals surface area contributed by atoms with Gasteiger partial charge in [0.15, 0.2) is 11.4 Å². The monoisotopic (exact) mass is 306 g/mol. The van der Waals surface area contributed by atoms with Gasteiger partial charge in [-0.1, -0.05) is 0 Å². The van der Waals surface area contributed by atoms with Crippen LogP contribution in [-0.2, 0) is 6.18 Å². The Balaban J connectivity index is 3.58. The molecule has 0 atom stereocenters. The number of halogens is 8. The van der Waals surface area contributed by atoms with Crippen molar-refractivity contribution in [1.29, 1.82) is 5.26 Å². The van der Waals surface area contributed by atoms with Crippen molar-refractivity contribution in [2.24, 2.45) is 0 Å². The van der Waals surface area contributed by atoms with Crippen molar-refractivity contribution >= 4 is 0 Å². The molecule has 0 unspecified atom stereocenters. The summed E-state index contributed by atoms with van der Waals surface area (Å²) in [5.41, 5.74) is -5.17. The first-order valence-electron chi connectivity index (χ1n) is 4.52. The van der Waals surface area contributed by atoms with Gasteiger partial charge in [-0.25, -0.2) is 13.8 Å². The first-order valence-corrected chi connectivity index (χ1v) is 4.52. The molecule has 0 aliphatic carbocycles. The van der Waals surface area contributed by atoms with E-state index in [4.69, 9.17) is 5.26 Å². The van der Waals surface area contributed by atoms with E-state index in [0.29, 0.717) is 0 Å². The lowest BCUT2D eigenvalue weighted by molar-refractivity contribution is -0.276. The molecule has 0 aromatic carbocycles. The molecule has 1 aromatic heterocycles. The van der Waals surface area contributed by atoms with E-state index in [2.05, 4.69) is 9.72 Å². The highest BCUT2D eigenvalue weighted by molar-refractivity contribution is 5.47. The maximum Gasteiger partial charge on any atom is 0.573 e. The van der Waals surface area contributed by atoms with Crippen LogP contribution in [0.4, 0.5) is 35.1 Å². The van der Waals surface area contributed by atoms with Gasteiger partial charge in [0.05, 0.1) is 0 Å². The fourth-order valence-electron chi connectivity index (χ4n) is 1.17. The zero-order valence-electron chi connectivity index (χ0n) is 8.98. The largest absolute Gasteiger partial charge is 0.573 e. The van der Waals surface area contributed by atoms with Crippen LogP contribution in [0.5, 0.6) is 5.75 Å². The topological polar surface area (TPSA) is 45.9 Å². The fourth-order valence-corrected chi connectivity index (χ4v) is 1.17. The maximum absolute atomic E-state index is 12.6. The van der Waals surface area contributed by atoms with Gasteiger partial charge in [-0.2, -0.15) is 18.4 Å². The summed E-state index contributed by atoms with van der Waals surface area (Å²) in [6.07, 6.45) is -14.5. The summed E-state index contributed by atoms with van der Waals surface area (Å²) in [5, 5.41) is 8.44. The molecule has 0 fully saturated rings. The molecule has 3 nitrogen and oxygen atoms in total. The van der Waals surface area contributed by atoms with Crippen molar-refractivity contribution in [2.75, 3.05) is 0 Å². The van der Waals surface area contributed by atoms with E-state index in [1.807, 2.05) is 0 Å². The fraction of sp³-hybridized carbons (Fsp3) is 0.333. The van der Waals surface area contributed by atoms with Crippen molar-refractivity contribution in [3.05, 3.63) is 23.0 Å². The molecule has 20 heavy (non-hydrogen) atoms. The van der Waals surface area contributed by atoms with Crippen LogP contribution in [0.25, 0.3) is 0 Å². The third-order valence-corrected chi connectivity index (χ3v) is 1.85. The van der Waals surface area contributed by atoms with E-state index >= 15 is 0 Å². The van der Waals surface area contributed by atoms with Crippen molar-refractivity contribution in [1.82, 2.24) is 4.98 Å². The second-order valence-corrected chi connectivity index (χ2v) is 3.23. The summed E-state index contributed by atoms with van der Waals surface area (Å²) >= 11 is 0. The number of aromatic nitrogens is 1. The number of alkyl halides is 8. The van der Waals surface area contributed by atoms with E-state index < -0.39 is 41.7 Å². The van der Waals surface area contributed by atoms with Gasteiger partial charge in [0, 0.05) is 0 Å². The van der Waals surface area contributed by atoms with Crippen molar-refractivity contribution in [2.45, 2.75) is 19.0 Å². The number of ether oxygens (including phenoxy) is 1. The number of pyridine rings is 1. The van der Waals surface area contributed by atoms with Gasteiger partial charge in [-0.15, -0.1) is 13.2 Å². The predicted octanol–water partition coefficient (Wildman–Crippen LogP) is 3.81. The van der Waals surface area contributed by atoms with Crippen molar-refractivity contribution in [3.63, 3.8) is 0 Å². The van der Waals surface area contributed by atoms with E-state index in [9.17, 15) is 35.1 Å². The van der Waals surface area contributed by atoms with E-state index in [0.717, 1.165) is 6.07 Å². The van der Waals surface area contributed by atoms with Gasteiger partial charge in [-0.05, 0) is 6.07 Å². The predicted molar refractivity (Wildman–Crippen MR) is 45.6 cm³/mol. The zero-order chi connectivity index (χ0) is 15.7. The molecule has 0 amide bonds. The average Bonchev–Trinajstić information content (AvgIpc) is 2.25. The lowest BCUT2D eigenvalue weighted by Gasteiger charge is -2.17. The number of nitriles is 1. The summed E-state index contributed by atoms with van der Waals surface area (Å²) in [4.78, 5) is 2.71. The number of hydrogen-bond donors (Lipinski definition) is 0. The van der Waals surface area contributed by atoms with Crippen LogP contribution in [-0.4, -0.2) is 11.3 Å². The van der Waals surface area contributed by atoms with Crippen LogP contribution in [0.15, 0.2) is 6.07 Å². The van der Waals surface area contributed by atoms with Gasteiger partial charge < -0.3 is 4.74 Å². The van der Waals surface area contributed by atoms with Gasteiger partial charge in [0.2, 0.25) is 0 Å². The summed E-state index contributed by atoms with van der Waals surface area (Å²) in [7, 11) is 0. The third kappa shape index (κ3) is 3.69. The molecule has 0 aliphatic heterocycles. The molecule has 110 valence electrons. The zero-order valence-corrected chi connectivity index (χ0v) is 8.98. The highest BCUT2D eigenvalue weighted by Crippen LogP contribution is 2.41. The van der Waals surface area contributed by atoms with Gasteiger partial charge >= 0.3 is 12.5 Å². The summed E-state index contributed by atoms with van der Waals surface area (Å²) < 4.78 is 101. The molecule has 0 spiro atoms. The molecule has 1 rings (SSSR count). The molecule has 1 heterocycles. The minimum Gasteiger partial charge on any atom is -0.402 e. The third-order valence-electron chi connectivity index (χ3n) is 1.85. The van der Waals surface area contributed by atoms with Crippen LogP contribution < -0.4 is 4.74 Å². The smallest absolute Gasteiger partial charge is 0.402 e. The van der Waals surface area contributed by atoms with E-state index in [-0.39, 0.29) is 6.07 Å². The van der Waals surface area contributed by atoms with Crippen LogP contribution >= 0.6 is 0 Å².